The maximum atomic E-state index is 10.8. The van der Waals surface area contributed by atoms with Crippen LogP contribution in [0.2, 0.25) is 0 Å². The van der Waals surface area contributed by atoms with Crippen molar-refractivity contribution in [1.29, 1.82) is 0 Å². The zero-order valence-corrected chi connectivity index (χ0v) is 10.0. The minimum atomic E-state index is -0.913. The van der Waals surface area contributed by atoms with Crippen LogP contribution in [-0.4, -0.2) is 23.3 Å². The Hall–Kier alpha value is -1.39. The van der Waals surface area contributed by atoms with Crippen LogP contribution in [0.5, 0.6) is 0 Å². The van der Waals surface area contributed by atoms with Gasteiger partial charge in [-0.05, 0) is 25.0 Å². The minimum Gasteiger partial charge on any atom is -0.478 e. The second-order valence-electron chi connectivity index (χ2n) is 4.89. The first-order chi connectivity index (χ1) is 8.74. The van der Waals surface area contributed by atoms with Crippen LogP contribution in [0.25, 0.3) is 0 Å². The summed E-state index contributed by atoms with van der Waals surface area (Å²) in [4.78, 5) is 10.8. The molecular formula is C14H16O4. The highest BCUT2D eigenvalue weighted by atomic mass is 16.7. The van der Waals surface area contributed by atoms with Crippen molar-refractivity contribution in [3.8, 4) is 0 Å². The Morgan fingerprint density at radius 3 is 2.11 bits per heavy atom. The largest absolute Gasteiger partial charge is 0.478 e. The fraction of sp³-hybridized carbons (Fsp3) is 0.500. The van der Waals surface area contributed by atoms with Crippen LogP contribution in [0.15, 0.2) is 24.3 Å². The van der Waals surface area contributed by atoms with Gasteiger partial charge in [0.1, 0.15) is 0 Å². The van der Waals surface area contributed by atoms with Crippen molar-refractivity contribution in [3.05, 3.63) is 35.4 Å². The van der Waals surface area contributed by atoms with Gasteiger partial charge < -0.3 is 14.6 Å². The number of carboxylic acid groups (broad SMARTS) is 1. The van der Waals surface area contributed by atoms with Gasteiger partial charge in [-0.2, -0.15) is 0 Å². The first kappa shape index (κ1) is 11.7. The minimum absolute atomic E-state index is 0.211. The van der Waals surface area contributed by atoms with E-state index in [9.17, 15) is 4.79 Å². The molecule has 0 unspecified atom stereocenters. The molecule has 1 saturated heterocycles. The summed E-state index contributed by atoms with van der Waals surface area (Å²) in [5, 5.41) is 8.85. The second-order valence-corrected chi connectivity index (χ2v) is 4.89. The molecule has 0 aromatic heterocycles. The van der Waals surface area contributed by atoms with Crippen molar-refractivity contribution in [2.24, 2.45) is 0 Å². The Balaban J connectivity index is 1.73. The Morgan fingerprint density at radius 2 is 1.61 bits per heavy atom. The lowest BCUT2D eigenvalue weighted by Crippen LogP contribution is -2.25. The highest BCUT2D eigenvalue weighted by Crippen LogP contribution is 2.38. The predicted octanol–water partition coefficient (Wildman–Crippen LogP) is 2.74. The third kappa shape index (κ3) is 2.13. The number of fused-ring (bicyclic) bond motifs is 1. The Bertz CT molecular complexity index is 426. The van der Waals surface area contributed by atoms with Gasteiger partial charge in [0.2, 0.25) is 0 Å². The standard InChI is InChI=1S/C14H16O4/c15-13(16)9-5-7-10(8-6-9)14-17-11-3-1-2-4-12(11)18-14/h5-8,11-12,14H,1-4H2,(H,15,16)/t11-,12-/m0/s1. The number of hydrogen-bond donors (Lipinski definition) is 1. The molecule has 0 radical (unpaired) electrons. The molecule has 4 heteroatoms. The molecule has 2 aliphatic rings. The SMILES string of the molecule is O=C(O)c1ccc(C2O[C@H]3CCCC[C@@H]3O2)cc1. The van der Waals surface area contributed by atoms with Gasteiger partial charge in [-0.15, -0.1) is 0 Å². The average Bonchev–Trinajstić information content (AvgIpc) is 2.82. The van der Waals surface area contributed by atoms with Gasteiger partial charge in [0.05, 0.1) is 17.8 Å². The molecule has 0 bridgehead atoms. The third-order valence-electron chi connectivity index (χ3n) is 3.67. The van der Waals surface area contributed by atoms with Crippen LogP contribution in [0.1, 0.15) is 47.9 Å². The van der Waals surface area contributed by atoms with Gasteiger partial charge in [0.15, 0.2) is 6.29 Å². The van der Waals surface area contributed by atoms with Crippen LogP contribution in [0, 0.1) is 0 Å². The van der Waals surface area contributed by atoms with Crippen LogP contribution in [0.3, 0.4) is 0 Å². The molecule has 1 N–H and O–H groups in total. The molecule has 3 rings (SSSR count). The summed E-state index contributed by atoms with van der Waals surface area (Å²) in [5.41, 5.74) is 1.18. The van der Waals surface area contributed by atoms with Crippen molar-refractivity contribution in [1.82, 2.24) is 0 Å². The van der Waals surface area contributed by atoms with E-state index >= 15 is 0 Å². The first-order valence-corrected chi connectivity index (χ1v) is 6.38. The van der Waals surface area contributed by atoms with Gasteiger partial charge in [0.25, 0.3) is 0 Å². The smallest absolute Gasteiger partial charge is 0.335 e. The molecule has 1 aliphatic carbocycles. The normalized spacial score (nSPS) is 28.0. The average molecular weight is 248 g/mol. The fourth-order valence-electron chi connectivity index (χ4n) is 2.66. The number of benzene rings is 1. The van der Waals surface area contributed by atoms with E-state index in [1.54, 1.807) is 24.3 Å². The quantitative estimate of drug-likeness (QED) is 0.874. The summed E-state index contributed by atoms with van der Waals surface area (Å²) >= 11 is 0. The zero-order valence-electron chi connectivity index (χ0n) is 10.0. The van der Waals surface area contributed by atoms with E-state index in [-0.39, 0.29) is 24.1 Å². The molecule has 0 amide bonds. The van der Waals surface area contributed by atoms with Crippen LogP contribution < -0.4 is 0 Å². The number of rotatable bonds is 2. The summed E-state index contributed by atoms with van der Waals surface area (Å²) in [6, 6.07) is 6.72. The van der Waals surface area contributed by atoms with Crippen molar-refractivity contribution in [2.75, 3.05) is 0 Å². The monoisotopic (exact) mass is 248 g/mol. The molecule has 96 valence electrons. The van der Waals surface area contributed by atoms with Crippen LogP contribution >= 0.6 is 0 Å². The van der Waals surface area contributed by atoms with Gasteiger partial charge in [0, 0.05) is 5.56 Å². The molecule has 1 heterocycles. The van der Waals surface area contributed by atoms with Gasteiger partial charge in [-0.25, -0.2) is 4.79 Å². The number of aromatic carboxylic acids is 1. The Morgan fingerprint density at radius 1 is 1.06 bits per heavy atom. The molecular weight excluding hydrogens is 232 g/mol. The van der Waals surface area contributed by atoms with E-state index in [4.69, 9.17) is 14.6 Å². The fourth-order valence-corrected chi connectivity index (χ4v) is 2.66. The lowest BCUT2D eigenvalue weighted by molar-refractivity contribution is -0.0680. The first-order valence-electron chi connectivity index (χ1n) is 6.38. The summed E-state index contributed by atoms with van der Waals surface area (Å²) in [5.74, 6) is -0.913. The number of carbonyl (C=O) groups is 1. The van der Waals surface area contributed by atoms with Crippen LogP contribution in [-0.2, 0) is 9.47 Å². The maximum Gasteiger partial charge on any atom is 0.335 e. The summed E-state index contributed by atoms with van der Waals surface area (Å²) in [6.07, 6.45) is 4.62. The van der Waals surface area contributed by atoms with Gasteiger partial charge in [-0.3, -0.25) is 0 Å². The maximum absolute atomic E-state index is 10.8. The highest BCUT2D eigenvalue weighted by molar-refractivity contribution is 5.87. The van der Waals surface area contributed by atoms with E-state index < -0.39 is 5.97 Å². The van der Waals surface area contributed by atoms with E-state index in [2.05, 4.69) is 0 Å². The molecule has 1 saturated carbocycles. The molecule has 0 spiro atoms. The van der Waals surface area contributed by atoms with Crippen molar-refractivity contribution < 1.29 is 19.4 Å². The summed E-state index contributed by atoms with van der Waals surface area (Å²) in [6.45, 7) is 0. The van der Waals surface area contributed by atoms with Crippen LogP contribution in [0.4, 0.5) is 0 Å². The lowest BCUT2D eigenvalue weighted by atomic mass is 9.95. The number of ether oxygens (including phenoxy) is 2. The van der Waals surface area contributed by atoms with Gasteiger partial charge >= 0.3 is 5.97 Å². The topological polar surface area (TPSA) is 55.8 Å². The highest BCUT2D eigenvalue weighted by Gasteiger charge is 2.38. The summed E-state index contributed by atoms with van der Waals surface area (Å²) < 4.78 is 11.8. The second kappa shape index (κ2) is 4.71. The Kier molecular flexibility index (Phi) is 3.06. The van der Waals surface area contributed by atoms with E-state index in [0.29, 0.717) is 0 Å². The number of carboxylic acids is 1. The Labute approximate surface area is 106 Å². The molecule has 1 aromatic rings. The molecule has 1 aromatic carbocycles. The van der Waals surface area contributed by atoms with E-state index in [0.717, 1.165) is 18.4 Å². The van der Waals surface area contributed by atoms with Crippen molar-refractivity contribution in [3.63, 3.8) is 0 Å². The van der Waals surface area contributed by atoms with Gasteiger partial charge in [-0.1, -0.05) is 25.0 Å². The molecule has 1 aliphatic heterocycles. The molecule has 2 atom stereocenters. The molecule has 18 heavy (non-hydrogen) atoms. The van der Waals surface area contributed by atoms with Crippen molar-refractivity contribution >= 4 is 5.97 Å². The summed E-state index contributed by atoms with van der Waals surface area (Å²) in [7, 11) is 0. The zero-order chi connectivity index (χ0) is 12.5. The molecule has 2 fully saturated rings. The van der Waals surface area contributed by atoms with E-state index in [1.807, 2.05) is 0 Å². The van der Waals surface area contributed by atoms with E-state index in [1.165, 1.54) is 12.8 Å². The third-order valence-corrected chi connectivity index (χ3v) is 3.67. The van der Waals surface area contributed by atoms with Crippen molar-refractivity contribution in [2.45, 2.75) is 44.2 Å². The number of hydrogen-bond acceptors (Lipinski definition) is 3. The lowest BCUT2D eigenvalue weighted by Gasteiger charge is -2.21. The predicted molar refractivity (Wildman–Crippen MR) is 64.4 cm³/mol. The molecule has 4 nitrogen and oxygen atoms in total.